The zero-order valence-corrected chi connectivity index (χ0v) is 19.5. The molecule has 3 aromatic rings. The molecule has 0 fully saturated rings. The maximum Gasteiger partial charge on any atom is 0.301 e. The summed E-state index contributed by atoms with van der Waals surface area (Å²) in [6, 6.07) is 17.3. The van der Waals surface area contributed by atoms with Crippen LogP contribution in [0.3, 0.4) is 0 Å². The van der Waals surface area contributed by atoms with E-state index in [4.69, 9.17) is 11.6 Å². The Labute approximate surface area is 213 Å². The highest BCUT2D eigenvalue weighted by molar-refractivity contribution is 6.49. The van der Waals surface area contributed by atoms with Crippen molar-refractivity contribution in [3.63, 3.8) is 0 Å². The second kappa shape index (κ2) is 10.3. The van der Waals surface area contributed by atoms with Crippen molar-refractivity contribution in [2.24, 2.45) is 11.0 Å². The van der Waals surface area contributed by atoms with Crippen LogP contribution in [0.2, 0.25) is 5.02 Å². The average molecular weight is 522 g/mol. The number of carbonyl (C=O) groups excluding carboxylic acids is 3. The molecule has 0 saturated heterocycles. The summed E-state index contributed by atoms with van der Waals surface area (Å²) in [5.74, 6) is -4.90. The monoisotopic (exact) mass is 521 g/mol. The van der Waals surface area contributed by atoms with E-state index in [9.17, 15) is 34.6 Å². The summed E-state index contributed by atoms with van der Waals surface area (Å²) in [5.41, 5.74) is -0.861. The number of carbonyl (C=O) groups is 3. The van der Waals surface area contributed by atoms with Crippen LogP contribution >= 0.6 is 11.6 Å². The molecule has 4 rings (SSSR count). The molecule has 0 spiro atoms. The number of nitro benzene ring substituents is 2. The molecule has 2 amide bonds. The van der Waals surface area contributed by atoms with Crippen LogP contribution in [0.4, 0.5) is 17.1 Å². The van der Waals surface area contributed by atoms with Crippen LogP contribution < -0.4 is 10.3 Å². The number of nitrogens with zero attached hydrogens (tertiary/aromatic N) is 4. The largest absolute Gasteiger partial charge is 0.345 e. The van der Waals surface area contributed by atoms with E-state index in [1.54, 1.807) is 54.6 Å². The molecule has 3 aromatic carbocycles. The van der Waals surface area contributed by atoms with Crippen molar-refractivity contribution in [1.82, 2.24) is 5.32 Å². The highest BCUT2D eigenvalue weighted by Gasteiger charge is 2.46. The maximum atomic E-state index is 13.4. The predicted octanol–water partition coefficient (Wildman–Crippen LogP) is 3.41. The van der Waals surface area contributed by atoms with Crippen LogP contribution in [0.1, 0.15) is 11.1 Å². The van der Waals surface area contributed by atoms with Crippen molar-refractivity contribution in [2.75, 3.05) is 5.01 Å². The minimum Gasteiger partial charge on any atom is -0.345 e. The zero-order chi connectivity index (χ0) is 26.7. The summed E-state index contributed by atoms with van der Waals surface area (Å²) in [6.45, 7) is -0.0403. The number of benzene rings is 3. The second-order valence-electron chi connectivity index (χ2n) is 7.80. The van der Waals surface area contributed by atoms with Crippen molar-refractivity contribution in [3.8, 4) is 0 Å². The van der Waals surface area contributed by atoms with Gasteiger partial charge < -0.3 is 5.32 Å². The van der Waals surface area contributed by atoms with Gasteiger partial charge in [-0.1, -0.05) is 54.1 Å². The summed E-state index contributed by atoms with van der Waals surface area (Å²) in [4.78, 5) is 60.3. The fraction of sp³-hybridized carbons (Fsp3) is 0.0833. The highest BCUT2D eigenvalue weighted by Crippen LogP contribution is 2.36. The first-order valence-electron chi connectivity index (χ1n) is 10.6. The van der Waals surface area contributed by atoms with E-state index in [2.05, 4.69) is 10.4 Å². The Balaban J connectivity index is 1.69. The first-order chi connectivity index (χ1) is 17.7. The highest BCUT2D eigenvalue weighted by atomic mass is 35.5. The van der Waals surface area contributed by atoms with E-state index in [1.807, 2.05) is 0 Å². The molecule has 1 unspecified atom stereocenters. The topological polar surface area (TPSA) is 165 Å². The summed E-state index contributed by atoms with van der Waals surface area (Å²) < 4.78 is 0. The summed E-state index contributed by atoms with van der Waals surface area (Å²) in [7, 11) is 0. The lowest BCUT2D eigenvalue weighted by molar-refractivity contribution is -0.393. The molecule has 186 valence electrons. The average Bonchev–Trinajstić information content (AvgIpc) is 3.23. The number of Topliss-reactive ketones (excluding diaryl/α,β-unsaturated/α-hetero) is 1. The Morgan fingerprint density at radius 2 is 1.70 bits per heavy atom. The van der Waals surface area contributed by atoms with Crippen LogP contribution in [-0.2, 0) is 20.9 Å². The molecule has 1 atom stereocenters. The van der Waals surface area contributed by atoms with Gasteiger partial charge >= 0.3 is 5.69 Å². The van der Waals surface area contributed by atoms with E-state index in [0.29, 0.717) is 27.2 Å². The van der Waals surface area contributed by atoms with Gasteiger partial charge in [-0.25, -0.2) is 0 Å². The van der Waals surface area contributed by atoms with Gasteiger partial charge in [0.15, 0.2) is 5.92 Å². The van der Waals surface area contributed by atoms with Crippen LogP contribution in [0, 0.1) is 26.1 Å². The van der Waals surface area contributed by atoms with Gasteiger partial charge in [0.25, 0.3) is 17.5 Å². The fourth-order valence-corrected chi connectivity index (χ4v) is 3.91. The smallest absolute Gasteiger partial charge is 0.301 e. The molecule has 0 saturated carbocycles. The van der Waals surface area contributed by atoms with Crippen LogP contribution in [0.25, 0.3) is 0 Å². The number of halogens is 1. The molecule has 13 heteroatoms. The van der Waals surface area contributed by atoms with Crippen molar-refractivity contribution in [1.29, 1.82) is 0 Å². The number of nitrogens with one attached hydrogen (secondary N) is 1. The summed E-state index contributed by atoms with van der Waals surface area (Å²) in [5, 5.41) is 30.4. The molecule has 12 nitrogen and oxygen atoms in total. The van der Waals surface area contributed by atoms with Crippen molar-refractivity contribution in [3.05, 3.63) is 109 Å². The molecule has 1 aliphatic heterocycles. The van der Waals surface area contributed by atoms with Gasteiger partial charge in [-0.15, -0.1) is 0 Å². The van der Waals surface area contributed by atoms with Gasteiger partial charge in [0.05, 0.1) is 21.6 Å². The lowest BCUT2D eigenvalue weighted by Gasteiger charge is -2.14. The molecule has 0 aliphatic carbocycles. The summed E-state index contributed by atoms with van der Waals surface area (Å²) >= 11 is 5.94. The Morgan fingerprint density at radius 3 is 2.35 bits per heavy atom. The van der Waals surface area contributed by atoms with Crippen molar-refractivity contribution >= 4 is 52.0 Å². The standard InChI is InChI=1S/C24H16ClN5O7/c25-16-8-4-5-14(11-16)13-26-23(32)22(31)20-21(15-6-2-1-3-7-15)27-28(24(20)33)18-10-9-17(29(34)35)12-19(18)30(36)37/h1-12,20H,13H2,(H,26,32). The second-order valence-corrected chi connectivity index (χ2v) is 8.23. The first kappa shape index (κ1) is 25.1. The molecule has 0 aromatic heterocycles. The van der Waals surface area contributed by atoms with Gasteiger partial charge in [-0.2, -0.15) is 10.1 Å². The Hall–Kier alpha value is -4.97. The lowest BCUT2D eigenvalue weighted by atomic mass is 9.92. The molecule has 0 radical (unpaired) electrons. The SMILES string of the molecule is O=C(NCc1cccc(Cl)c1)C(=O)C1C(=O)N(c2ccc([N+](=O)[O-])cc2[N+](=O)[O-])N=C1c1ccccc1. The normalized spacial score (nSPS) is 14.7. The van der Waals surface area contributed by atoms with E-state index in [1.165, 1.54) is 0 Å². The van der Waals surface area contributed by atoms with Crippen molar-refractivity contribution < 1.29 is 24.2 Å². The number of hydrazone groups is 1. The molecule has 0 bridgehead atoms. The molecular weight excluding hydrogens is 506 g/mol. The molecule has 1 heterocycles. The third-order valence-corrected chi connectivity index (χ3v) is 5.66. The number of ketones is 1. The number of hydrogen-bond donors (Lipinski definition) is 1. The quantitative estimate of drug-likeness (QED) is 0.205. The number of anilines is 1. The molecule has 37 heavy (non-hydrogen) atoms. The summed E-state index contributed by atoms with van der Waals surface area (Å²) in [6.07, 6.45) is 0. The van der Waals surface area contributed by atoms with Crippen LogP contribution in [0.15, 0.2) is 77.9 Å². The number of amides is 2. The third-order valence-electron chi connectivity index (χ3n) is 5.43. The number of non-ortho nitro benzene ring substituents is 1. The van der Waals surface area contributed by atoms with E-state index in [-0.39, 0.29) is 17.9 Å². The molecular formula is C24H16ClN5O7. The molecule has 1 aliphatic rings. The van der Waals surface area contributed by atoms with E-state index in [0.717, 1.165) is 12.1 Å². The van der Waals surface area contributed by atoms with Gasteiger partial charge in [-0.3, -0.25) is 34.6 Å². The Kier molecular flexibility index (Phi) is 7.02. The minimum atomic E-state index is -1.70. The fourth-order valence-electron chi connectivity index (χ4n) is 3.69. The zero-order valence-electron chi connectivity index (χ0n) is 18.7. The van der Waals surface area contributed by atoms with Gasteiger partial charge in [0.1, 0.15) is 5.69 Å². The third kappa shape index (κ3) is 5.18. The van der Waals surface area contributed by atoms with Crippen LogP contribution in [0.5, 0.6) is 0 Å². The lowest BCUT2D eigenvalue weighted by Crippen LogP contribution is -2.42. The minimum absolute atomic E-state index is 0.0403. The van der Waals surface area contributed by atoms with Gasteiger partial charge in [0, 0.05) is 17.6 Å². The number of rotatable bonds is 8. The Bertz CT molecular complexity index is 1480. The number of nitro groups is 2. The number of hydrogen-bond acceptors (Lipinski definition) is 8. The Morgan fingerprint density at radius 1 is 0.973 bits per heavy atom. The van der Waals surface area contributed by atoms with Crippen molar-refractivity contribution in [2.45, 2.75) is 6.54 Å². The van der Waals surface area contributed by atoms with Crippen LogP contribution in [-0.4, -0.2) is 33.2 Å². The predicted molar refractivity (Wildman–Crippen MR) is 132 cm³/mol. The van der Waals surface area contributed by atoms with E-state index >= 15 is 0 Å². The first-order valence-corrected chi connectivity index (χ1v) is 11.0. The van der Waals surface area contributed by atoms with Gasteiger partial charge in [-0.05, 0) is 29.3 Å². The maximum absolute atomic E-state index is 13.4. The van der Waals surface area contributed by atoms with E-state index < -0.39 is 44.7 Å². The molecule has 1 N–H and O–H groups in total. The van der Waals surface area contributed by atoms with Gasteiger partial charge in [0.2, 0.25) is 5.78 Å².